The number of aryl methyl sites for hydroxylation is 1. The third-order valence-corrected chi connectivity index (χ3v) is 4.87. The summed E-state index contributed by atoms with van der Waals surface area (Å²) in [4.78, 5) is 28.8. The number of carbonyl (C=O) groups is 2. The molecular weight excluding hydrogens is 320 g/mol. The van der Waals surface area contributed by atoms with Crippen molar-refractivity contribution in [3.05, 3.63) is 35.5 Å². The number of rotatable bonds is 6. The minimum Gasteiger partial charge on any atom is -0.480 e. The highest BCUT2D eigenvalue weighted by Crippen LogP contribution is 2.24. The summed E-state index contributed by atoms with van der Waals surface area (Å²) < 4.78 is 5.33. The Morgan fingerprint density at radius 3 is 2.72 bits per heavy atom. The van der Waals surface area contributed by atoms with Gasteiger partial charge in [-0.2, -0.15) is 0 Å². The van der Waals surface area contributed by atoms with Crippen LogP contribution in [0.25, 0.3) is 10.9 Å². The number of hydrogen-bond acceptors (Lipinski definition) is 3. The zero-order chi connectivity index (χ0) is 17.8. The molecule has 1 saturated heterocycles. The maximum atomic E-state index is 12.9. The van der Waals surface area contributed by atoms with Crippen LogP contribution in [0.3, 0.4) is 0 Å². The SMILES string of the molecule is CCc1cccc2c(CC(=O)N(CC(=O)O)C3CCOCC3)c[nH]c12. The quantitative estimate of drug-likeness (QED) is 0.843. The van der Waals surface area contributed by atoms with Crippen LogP contribution >= 0.6 is 0 Å². The summed E-state index contributed by atoms with van der Waals surface area (Å²) in [6.45, 7) is 2.98. The number of nitrogens with one attached hydrogen (secondary N) is 1. The molecule has 0 radical (unpaired) electrons. The first kappa shape index (κ1) is 17.5. The minimum atomic E-state index is -0.980. The zero-order valence-electron chi connectivity index (χ0n) is 14.5. The van der Waals surface area contributed by atoms with Gasteiger partial charge in [0.2, 0.25) is 5.91 Å². The number of aliphatic carboxylic acids is 1. The number of hydrogen-bond donors (Lipinski definition) is 2. The molecule has 134 valence electrons. The predicted octanol–water partition coefficient (Wildman–Crippen LogP) is 2.37. The number of ether oxygens (including phenoxy) is 1. The summed E-state index contributed by atoms with van der Waals surface area (Å²) in [5.74, 6) is -1.12. The first-order valence-corrected chi connectivity index (χ1v) is 8.77. The van der Waals surface area contributed by atoms with E-state index in [-0.39, 0.29) is 24.9 Å². The number of carbonyl (C=O) groups excluding carboxylic acids is 1. The molecule has 2 heterocycles. The van der Waals surface area contributed by atoms with Gasteiger partial charge in [-0.15, -0.1) is 0 Å². The maximum absolute atomic E-state index is 12.9. The van der Waals surface area contributed by atoms with E-state index >= 15 is 0 Å². The second-order valence-electron chi connectivity index (χ2n) is 6.44. The van der Waals surface area contributed by atoms with Crippen molar-refractivity contribution in [3.63, 3.8) is 0 Å². The molecule has 0 saturated carbocycles. The Hall–Kier alpha value is -2.34. The topological polar surface area (TPSA) is 82.6 Å². The summed E-state index contributed by atoms with van der Waals surface area (Å²) in [5, 5.41) is 10.2. The van der Waals surface area contributed by atoms with E-state index in [4.69, 9.17) is 4.74 Å². The molecule has 1 fully saturated rings. The smallest absolute Gasteiger partial charge is 0.323 e. The molecule has 0 spiro atoms. The van der Waals surface area contributed by atoms with Gasteiger partial charge in [0.15, 0.2) is 0 Å². The van der Waals surface area contributed by atoms with Crippen molar-refractivity contribution in [1.29, 1.82) is 0 Å². The van der Waals surface area contributed by atoms with E-state index in [9.17, 15) is 14.7 Å². The minimum absolute atomic E-state index is 0.0613. The Kier molecular flexibility index (Phi) is 5.38. The Morgan fingerprint density at radius 1 is 1.28 bits per heavy atom. The number of fused-ring (bicyclic) bond motifs is 1. The summed E-state index contributed by atoms with van der Waals surface area (Å²) >= 11 is 0. The molecule has 1 aromatic carbocycles. The van der Waals surface area contributed by atoms with Crippen molar-refractivity contribution in [2.45, 2.75) is 38.6 Å². The number of carboxylic acid groups (broad SMARTS) is 1. The average molecular weight is 344 g/mol. The van der Waals surface area contributed by atoms with Crippen LogP contribution in [-0.2, 0) is 27.2 Å². The lowest BCUT2D eigenvalue weighted by atomic mass is 10.0. The highest BCUT2D eigenvalue weighted by Gasteiger charge is 2.28. The number of para-hydroxylation sites is 1. The van der Waals surface area contributed by atoms with Gasteiger partial charge in [0.05, 0.1) is 6.42 Å². The summed E-state index contributed by atoms with van der Waals surface area (Å²) in [6, 6.07) is 6.01. The predicted molar refractivity (Wildman–Crippen MR) is 94.6 cm³/mol. The number of aromatic amines is 1. The summed E-state index contributed by atoms with van der Waals surface area (Å²) in [6.07, 6.45) is 4.36. The van der Waals surface area contributed by atoms with Crippen LogP contribution in [0.5, 0.6) is 0 Å². The van der Waals surface area contributed by atoms with Gasteiger partial charge in [-0.3, -0.25) is 9.59 Å². The second-order valence-corrected chi connectivity index (χ2v) is 6.44. The van der Waals surface area contributed by atoms with Crippen molar-refractivity contribution in [2.75, 3.05) is 19.8 Å². The van der Waals surface area contributed by atoms with Crippen molar-refractivity contribution >= 4 is 22.8 Å². The molecule has 0 atom stereocenters. The van der Waals surface area contributed by atoms with Crippen LogP contribution in [0, 0.1) is 0 Å². The van der Waals surface area contributed by atoms with Crippen LogP contribution < -0.4 is 0 Å². The third kappa shape index (κ3) is 3.85. The fourth-order valence-corrected chi connectivity index (χ4v) is 3.54. The van der Waals surface area contributed by atoms with E-state index in [1.165, 1.54) is 10.5 Å². The first-order chi connectivity index (χ1) is 12.1. The number of nitrogens with zero attached hydrogens (tertiary/aromatic N) is 1. The van der Waals surface area contributed by atoms with Gasteiger partial charge in [-0.1, -0.05) is 25.1 Å². The summed E-state index contributed by atoms with van der Waals surface area (Å²) in [5.41, 5.74) is 3.18. The number of benzene rings is 1. The van der Waals surface area contributed by atoms with Crippen LogP contribution in [0.4, 0.5) is 0 Å². The van der Waals surface area contributed by atoms with E-state index in [2.05, 4.69) is 18.0 Å². The van der Waals surface area contributed by atoms with Crippen LogP contribution in [0.1, 0.15) is 30.9 Å². The van der Waals surface area contributed by atoms with E-state index < -0.39 is 5.97 Å². The van der Waals surface area contributed by atoms with Gasteiger partial charge in [0, 0.05) is 36.4 Å². The monoisotopic (exact) mass is 344 g/mol. The molecule has 1 aliphatic rings. The van der Waals surface area contributed by atoms with Crippen molar-refractivity contribution in [2.24, 2.45) is 0 Å². The highest BCUT2D eigenvalue weighted by atomic mass is 16.5. The second kappa shape index (κ2) is 7.70. The van der Waals surface area contributed by atoms with Crippen LogP contribution in [0.2, 0.25) is 0 Å². The lowest BCUT2D eigenvalue weighted by molar-refractivity contribution is -0.147. The molecule has 0 bridgehead atoms. The largest absolute Gasteiger partial charge is 0.480 e. The van der Waals surface area contributed by atoms with Crippen LogP contribution in [-0.4, -0.2) is 52.7 Å². The molecule has 2 aromatic rings. The van der Waals surface area contributed by atoms with E-state index in [0.717, 1.165) is 22.9 Å². The molecule has 0 unspecified atom stereocenters. The highest BCUT2D eigenvalue weighted by molar-refractivity contribution is 5.91. The Morgan fingerprint density at radius 2 is 2.04 bits per heavy atom. The van der Waals surface area contributed by atoms with Gasteiger partial charge in [-0.05, 0) is 30.4 Å². The number of aromatic nitrogens is 1. The van der Waals surface area contributed by atoms with Crippen LogP contribution in [0.15, 0.2) is 24.4 Å². The molecule has 1 amide bonds. The lowest BCUT2D eigenvalue weighted by Crippen LogP contribution is -2.46. The molecule has 0 aliphatic carbocycles. The molecule has 2 N–H and O–H groups in total. The average Bonchev–Trinajstić information content (AvgIpc) is 3.03. The molecule has 6 heteroatoms. The number of carboxylic acids is 1. The van der Waals surface area contributed by atoms with E-state index in [0.29, 0.717) is 26.1 Å². The van der Waals surface area contributed by atoms with Gasteiger partial charge in [-0.25, -0.2) is 0 Å². The van der Waals surface area contributed by atoms with E-state index in [1.807, 2.05) is 18.3 Å². The number of H-pyrrole nitrogens is 1. The van der Waals surface area contributed by atoms with Gasteiger partial charge in [0.25, 0.3) is 0 Å². The summed E-state index contributed by atoms with van der Waals surface area (Å²) in [7, 11) is 0. The van der Waals surface area contributed by atoms with Crippen molar-refractivity contribution in [3.8, 4) is 0 Å². The molecule has 1 aromatic heterocycles. The molecule has 25 heavy (non-hydrogen) atoms. The molecule has 6 nitrogen and oxygen atoms in total. The zero-order valence-corrected chi connectivity index (χ0v) is 14.5. The van der Waals surface area contributed by atoms with Gasteiger partial charge < -0.3 is 19.7 Å². The molecule has 3 rings (SSSR count). The normalized spacial score (nSPS) is 15.4. The third-order valence-electron chi connectivity index (χ3n) is 4.87. The standard InChI is InChI=1S/C19H24N2O4/c1-2-13-4-3-5-16-14(11-20-19(13)16)10-17(22)21(12-18(23)24)15-6-8-25-9-7-15/h3-5,11,15,20H,2,6-10,12H2,1H3,(H,23,24). The van der Waals surface area contributed by atoms with Gasteiger partial charge in [0.1, 0.15) is 6.54 Å². The molecule has 1 aliphatic heterocycles. The van der Waals surface area contributed by atoms with Crippen molar-refractivity contribution < 1.29 is 19.4 Å². The Balaban J connectivity index is 1.82. The molecular formula is C19H24N2O4. The Bertz CT molecular complexity index is 762. The maximum Gasteiger partial charge on any atom is 0.323 e. The van der Waals surface area contributed by atoms with Gasteiger partial charge >= 0.3 is 5.97 Å². The Labute approximate surface area is 146 Å². The van der Waals surface area contributed by atoms with E-state index in [1.54, 1.807) is 0 Å². The number of amides is 1. The lowest BCUT2D eigenvalue weighted by Gasteiger charge is -2.33. The first-order valence-electron chi connectivity index (χ1n) is 8.77. The fourth-order valence-electron chi connectivity index (χ4n) is 3.54. The fraction of sp³-hybridized carbons (Fsp3) is 0.474. The van der Waals surface area contributed by atoms with Crippen molar-refractivity contribution in [1.82, 2.24) is 9.88 Å².